The number of carbonyl (C=O) groups is 3. The third-order valence-electron chi connectivity index (χ3n) is 3.63. The van der Waals surface area contributed by atoms with Crippen LogP contribution in [0, 0.1) is 0 Å². The predicted octanol–water partition coefficient (Wildman–Crippen LogP) is 1.83. The van der Waals surface area contributed by atoms with Crippen molar-refractivity contribution in [1.82, 2.24) is 4.90 Å². The monoisotopic (exact) mass is 311 g/mol. The molecule has 0 fully saturated rings. The highest BCUT2D eigenvalue weighted by atomic mass is 16.5. The first kappa shape index (κ1) is 18.4. The highest BCUT2D eigenvalue weighted by Gasteiger charge is 2.37. The number of hydrogen-bond donors (Lipinski definition) is 0. The average Bonchev–Trinajstić information content (AvgIpc) is 2.68. The van der Waals surface area contributed by atoms with E-state index in [0.717, 1.165) is 0 Å². The summed E-state index contributed by atoms with van der Waals surface area (Å²) in [6.45, 7) is 9.58. The highest BCUT2D eigenvalue weighted by molar-refractivity contribution is 6.13. The van der Waals surface area contributed by atoms with Crippen LogP contribution in [0.5, 0.6) is 0 Å². The van der Waals surface area contributed by atoms with E-state index >= 15 is 0 Å². The molecule has 0 atom stereocenters. The maximum atomic E-state index is 11.7. The Balaban J connectivity index is 2.43. The van der Waals surface area contributed by atoms with Gasteiger partial charge in [-0.2, -0.15) is 0 Å². The summed E-state index contributed by atoms with van der Waals surface area (Å²) in [5.41, 5.74) is -1.05. The van der Waals surface area contributed by atoms with Gasteiger partial charge in [0.25, 0.3) is 11.8 Å². The molecule has 0 unspecified atom stereocenters. The van der Waals surface area contributed by atoms with Gasteiger partial charge in [0.1, 0.15) is 0 Å². The van der Waals surface area contributed by atoms with E-state index in [1.807, 2.05) is 27.7 Å². The zero-order chi connectivity index (χ0) is 17.0. The van der Waals surface area contributed by atoms with E-state index in [1.165, 1.54) is 24.0 Å². The minimum absolute atomic E-state index is 0.288. The zero-order valence-corrected chi connectivity index (χ0v) is 14.0. The van der Waals surface area contributed by atoms with Crippen LogP contribution in [0.3, 0.4) is 0 Å². The molecule has 0 aromatic rings. The summed E-state index contributed by atoms with van der Waals surface area (Å²) < 4.78 is 10.7. The van der Waals surface area contributed by atoms with Crippen molar-refractivity contribution in [3.63, 3.8) is 0 Å². The Bertz CT molecular complexity index is 461. The SMILES string of the molecule is CC(=O)OCCC(C)(C)OCCC(C)(C)N1C(=O)C=CC1=O. The van der Waals surface area contributed by atoms with Gasteiger partial charge >= 0.3 is 5.97 Å². The molecule has 0 aromatic carbocycles. The highest BCUT2D eigenvalue weighted by Crippen LogP contribution is 2.24. The predicted molar refractivity (Wildman–Crippen MR) is 81.0 cm³/mol. The molecular formula is C16H25NO5. The lowest BCUT2D eigenvalue weighted by atomic mass is 9.98. The fourth-order valence-corrected chi connectivity index (χ4v) is 2.20. The van der Waals surface area contributed by atoms with E-state index in [2.05, 4.69) is 0 Å². The summed E-state index contributed by atoms with van der Waals surface area (Å²) >= 11 is 0. The molecule has 0 N–H and O–H groups in total. The topological polar surface area (TPSA) is 72.9 Å². The first-order valence-corrected chi connectivity index (χ1v) is 7.39. The standard InChI is InChI=1S/C16H25NO5/c1-12(18)21-10-9-16(4,5)22-11-8-15(2,3)17-13(19)6-7-14(17)20/h6-7H,8-11H2,1-5H3. The van der Waals surface area contributed by atoms with Gasteiger partial charge in [-0.1, -0.05) is 0 Å². The minimum atomic E-state index is -0.608. The second kappa shape index (κ2) is 7.05. The molecule has 1 heterocycles. The average molecular weight is 311 g/mol. The Morgan fingerprint density at radius 2 is 1.59 bits per heavy atom. The lowest BCUT2D eigenvalue weighted by Crippen LogP contribution is -2.48. The van der Waals surface area contributed by atoms with Gasteiger partial charge in [-0.25, -0.2) is 0 Å². The normalized spacial score (nSPS) is 15.6. The fourth-order valence-electron chi connectivity index (χ4n) is 2.20. The second-order valence-corrected chi connectivity index (χ2v) is 6.61. The van der Waals surface area contributed by atoms with Gasteiger partial charge in [-0.05, 0) is 34.1 Å². The number of ether oxygens (including phenoxy) is 2. The van der Waals surface area contributed by atoms with Crippen molar-refractivity contribution < 1.29 is 23.9 Å². The van der Waals surface area contributed by atoms with Crippen LogP contribution in [-0.2, 0) is 23.9 Å². The number of nitrogens with zero attached hydrogens (tertiary/aromatic N) is 1. The quantitative estimate of drug-likeness (QED) is 0.505. The van der Waals surface area contributed by atoms with E-state index in [4.69, 9.17) is 9.47 Å². The van der Waals surface area contributed by atoms with Crippen molar-refractivity contribution in [2.24, 2.45) is 0 Å². The van der Waals surface area contributed by atoms with E-state index < -0.39 is 11.1 Å². The molecular weight excluding hydrogens is 286 g/mol. The molecule has 1 aliphatic heterocycles. The molecule has 0 aromatic heterocycles. The first-order valence-electron chi connectivity index (χ1n) is 7.39. The van der Waals surface area contributed by atoms with Crippen LogP contribution in [0.1, 0.15) is 47.5 Å². The zero-order valence-electron chi connectivity index (χ0n) is 14.0. The Hall–Kier alpha value is -1.69. The maximum Gasteiger partial charge on any atom is 0.302 e. The maximum absolute atomic E-state index is 11.7. The van der Waals surface area contributed by atoms with Crippen LogP contribution in [0.2, 0.25) is 0 Å². The summed E-state index contributed by atoms with van der Waals surface area (Å²) in [4.78, 5) is 35.4. The Morgan fingerprint density at radius 3 is 2.09 bits per heavy atom. The van der Waals surface area contributed by atoms with Gasteiger partial charge < -0.3 is 9.47 Å². The van der Waals surface area contributed by atoms with Crippen LogP contribution >= 0.6 is 0 Å². The molecule has 0 aliphatic carbocycles. The van der Waals surface area contributed by atoms with Gasteiger partial charge in [0.2, 0.25) is 0 Å². The first-order chi connectivity index (χ1) is 10.1. The largest absolute Gasteiger partial charge is 0.466 e. The Labute approximate surface area is 131 Å². The molecule has 1 aliphatic rings. The lowest BCUT2D eigenvalue weighted by Gasteiger charge is -2.35. The van der Waals surface area contributed by atoms with E-state index in [9.17, 15) is 14.4 Å². The number of esters is 1. The number of carbonyl (C=O) groups excluding carboxylic acids is 3. The molecule has 124 valence electrons. The van der Waals surface area contributed by atoms with Crippen molar-refractivity contribution in [2.75, 3.05) is 13.2 Å². The third kappa shape index (κ3) is 5.26. The van der Waals surface area contributed by atoms with Crippen molar-refractivity contribution in [3.05, 3.63) is 12.2 Å². The van der Waals surface area contributed by atoms with E-state index in [-0.39, 0.29) is 17.8 Å². The van der Waals surface area contributed by atoms with E-state index in [1.54, 1.807) is 0 Å². The van der Waals surface area contributed by atoms with Crippen molar-refractivity contribution in [1.29, 1.82) is 0 Å². The minimum Gasteiger partial charge on any atom is -0.466 e. The molecule has 6 nitrogen and oxygen atoms in total. The molecule has 0 bridgehead atoms. The number of hydrogen-bond acceptors (Lipinski definition) is 5. The Morgan fingerprint density at radius 1 is 1.05 bits per heavy atom. The molecule has 0 saturated heterocycles. The van der Waals surface area contributed by atoms with Gasteiger partial charge in [0, 0.05) is 37.6 Å². The number of rotatable bonds is 8. The number of amides is 2. The third-order valence-corrected chi connectivity index (χ3v) is 3.63. The van der Waals surface area contributed by atoms with Crippen molar-refractivity contribution >= 4 is 17.8 Å². The smallest absolute Gasteiger partial charge is 0.302 e. The van der Waals surface area contributed by atoms with Crippen LogP contribution < -0.4 is 0 Å². The Kier molecular flexibility index (Phi) is 5.88. The number of imide groups is 1. The second-order valence-electron chi connectivity index (χ2n) is 6.61. The molecule has 6 heteroatoms. The van der Waals surface area contributed by atoms with Gasteiger partial charge in [-0.3, -0.25) is 19.3 Å². The summed E-state index contributed by atoms with van der Waals surface area (Å²) in [5.74, 6) is -0.885. The van der Waals surface area contributed by atoms with Crippen LogP contribution in [0.15, 0.2) is 12.2 Å². The summed E-state index contributed by atoms with van der Waals surface area (Å²) in [6.07, 6.45) is 3.68. The van der Waals surface area contributed by atoms with Crippen LogP contribution in [0.4, 0.5) is 0 Å². The van der Waals surface area contributed by atoms with Crippen molar-refractivity contribution in [3.8, 4) is 0 Å². The molecule has 0 saturated carbocycles. The molecule has 22 heavy (non-hydrogen) atoms. The lowest BCUT2D eigenvalue weighted by molar-refractivity contribution is -0.144. The van der Waals surface area contributed by atoms with Crippen LogP contribution in [0.25, 0.3) is 0 Å². The van der Waals surface area contributed by atoms with Gasteiger partial charge in [0.15, 0.2) is 0 Å². The fraction of sp³-hybridized carbons (Fsp3) is 0.688. The van der Waals surface area contributed by atoms with Gasteiger partial charge in [0.05, 0.1) is 12.2 Å². The molecule has 0 radical (unpaired) electrons. The van der Waals surface area contributed by atoms with E-state index in [0.29, 0.717) is 26.1 Å². The summed E-state index contributed by atoms with van der Waals surface area (Å²) in [6, 6.07) is 0. The summed E-state index contributed by atoms with van der Waals surface area (Å²) in [5, 5.41) is 0. The molecule has 0 spiro atoms. The molecule has 1 rings (SSSR count). The van der Waals surface area contributed by atoms with Crippen molar-refractivity contribution in [2.45, 2.75) is 58.6 Å². The molecule has 2 amide bonds. The summed E-state index contributed by atoms with van der Waals surface area (Å²) in [7, 11) is 0. The van der Waals surface area contributed by atoms with Crippen LogP contribution in [-0.4, -0.2) is 47.0 Å². The van der Waals surface area contributed by atoms with Gasteiger partial charge in [-0.15, -0.1) is 0 Å².